The van der Waals surface area contributed by atoms with Gasteiger partial charge in [-0.15, -0.1) is 0 Å². The second kappa shape index (κ2) is 5.61. The molecule has 18 heavy (non-hydrogen) atoms. The molecule has 1 saturated carbocycles. The fourth-order valence-electron chi connectivity index (χ4n) is 2.84. The van der Waals surface area contributed by atoms with Crippen LogP contribution in [-0.2, 0) is 0 Å². The summed E-state index contributed by atoms with van der Waals surface area (Å²) in [7, 11) is 0. The van der Waals surface area contributed by atoms with Crippen LogP contribution in [0.1, 0.15) is 26.2 Å². The van der Waals surface area contributed by atoms with Gasteiger partial charge in [-0.05, 0) is 38.3 Å². The Morgan fingerprint density at radius 3 is 2.61 bits per heavy atom. The average Bonchev–Trinajstić information content (AvgIpc) is 2.27. The number of nitrogens with one attached hydrogen (secondary N) is 1. The maximum Gasteiger partial charge on any atom is 0.412 e. The standard InChI is InChI=1S/C13H21F3N2/c1-2-17-9-10-3-4-12(10)18-7-5-11(6-8-18)13(14,15)16/h5,10,12,17H,2-4,6-9H2,1H3. The fourth-order valence-corrected chi connectivity index (χ4v) is 2.84. The Hall–Kier alpha value is -0.550. The van der Waals surface area contributed by atoms with Crippen LogP contribution in [0, 0.1) is 5.92 Å². The van der Waals surface area contributed by atoms with Crippen molar-refractivity contribution >= 4 is 0 Å². The van der Waals surface area contributed by atoms with Crippen molar-refractivity contribution < 1.29 is 13.2 Å². The van der Waals surface area contributed by atoms with E-state index in [1.165, 1.54) is 12.5 Å². The monoisotopic (exact) mass is 262 g/mol. The lowest BCUT2D eigenvalue weighted by Gasteiger charge is -2.45. The van der Waals surface area contributed by atoms with E-state index in [2.05, 4.69) is 17.1 Å². The Labute approximate surface area is 106 Å². The van der Waals surface area contributed by atoms with Gasteiger partial charge in [-0.3, -0.25) is 4.90 Å². The van der Waals surface area contributed by atoms with E-state index < -0.39 is 6.18 Å². The van der Waals surface area contributed by atoms with E-state index in [0.29, 0.717) is 25.0 Å². The molecule has 2 aliphatic rings. The lowest BCUT2D eigenvalue weighted by molar-refractivity contribution is -0.0972. The largest absolute Gasteiger partial charge is 0.412 e. The van der Waals surface area contributed by atoms with E-state index in [-0.39, 0.29) is 12.0 Å². The molecule has 2 rings (SSSR count). The molecule has 0 amide bonds. The number of rotatable bonds is 4. The minimum atomic E-state index is -4.13. The molecular weight excluding hydrogens is 241 g/mol. The van der Waals surface area contributed by atoms with Crippen molar-refractivity contribution in [2.75, 3.05) is 26.2 Å². The van der Waals surface area contributed by atoms with Crippen LogP contribution in [0.4, 0.5) is 13.2 Å². The summed E-state index contributed by atoms with van der Waals surface area (Å²) in [5.74, 6) is 0.616. The summed E-state index contributed by atoms with van der Waals surface area (Å²) in [6, 6.07) is 0.482. The van der Waals surface area contributed by atoms with Crippen molar-refractivity contribution in [1.82, 2.24) is 10.2 Å². The highest BCUT2D eigenvalue weighted by Gasteiger charge is 2.39. The van der Waals surface area contributed by atoms with Crippen LogP contribution in [-0.4, -0.2) is 43.3 Å². The molecule has 1 aliphatic carbocycles. The molecule has 0 aromatic carbocycles. The van der Waals surface area contributed by atoms with Gasteiger partial charge < -0.3 is 5.32 Å². The summed E-state index contributed by atoms with van der Waals surface area (Å²) in [5, 5.41) is 3.33. The molecule has 2 unspecified atom stereocenters. The van der Waals surface area contributed by atoms with Crippen LogP contribution in [0.3, 0.4) is 0 Å². The molecule has 0 spiro atoms. The van der Waals surface area contributed by atoms with Crippen LogP contribution >= 0.6 is 0 Å². The highest BCUT2D eigenvalue weighted by Crippen LogP contribution is 2.36. The van der Waals surface area contributed by atoms with Crippen molar-refractivity contribution in [3.8, 4) is 0 Å². The Morgan fingerprint density at radius 1 is 1.39 bits per heavy atom. The lowest BCUT2D eigenvalue weighted by Crippen LogP contribution is -2.52. The van der Waals surface area contributed by atoms with Gasteiger partial charge in [-0.25, -0.2) is 0 Å². The molecule has 1 N–H and O–H groups in total. The highest BCUT2D eigenvalue weighted by atomic mass is 19.4. The summed E-state index contributed by atoms with van der Waals surface area (Å²) < 4.78 is 37.5. The highest BCUT2D eigenvalue weighted by molar-refractivity contribution is 5.14. The van der Waals surface area contributed by atoms with Gasteiger partial charge >= 0.3 is 6.18 Å². The van der Waals surface area contributed by atoms with E-state index in [0.717, 1.165) is 19.5 Å². The number of nitrogens with zero attached hydrogens (tertiary/aromatic N) is 1. The lowest BCUT2D eigenvalue weighted by atomic mass is 9.78. The van der Waals surface area contributed by atoms with Crippen LogP contribution in [0.2, 0.25) is 0 Å². The maximum absolute atomic E-state index is 12.5. The summed E-state index contributed by atoms with van der Waals surface area (Å²) in [4.78, 5) is 2.21. The summed E-state index contributed by atoms with van der Waals surface area (Å²) >= 11 is 0. The third-order valence-electron chi connectivity index (χ3n) is 4.11. The van der Waals surface area contributed by atoms with Crippen LogP contribution in [0.15, 0.2) is 11.6 Å². The minimum Gasteiger partial charge on any atom is -0.317 e. The topological polar surface area (TPSA) is 15.3 Å². The first-order chi connectivity index (χ1) is 8.52. The molecule has 104 valence electrons. The zero-order chi connectivity index (χ0) is 13.2. The van der Waals surface area contributed by atoms with Gasteiger partial charge in [-0.2, -0.15) is 13.2 Å². The van der Waals surface area contributed by atoms with Gasteiger partial charge in [0.05, 0.1) is 0 Å². The summed E-state index contributed by atoms with van der Waals surface area (Å²) in [6.45, 7) is 5.04. The van der Waals surface area contributed by atoms with Crippen molar-refractivity contribution in [2.45, 2.75) is 38.4 Å². The van der Waals surface area contributed by atoms with Crippen molar-refractivity contribution in [3.63, 3.8) is 0 Å². The molecule has 2 nitrogen and oxygen atoms in total. The van der Waals surface area contributed by atoms with Gasteiger partial charge in [-0.1, -0.05) is 13.0 Å². The average molecular weight is 262 g/mol. The summed E-state index contributed by atoms with van der Waals surface area (Å²) in [5.41, 5.74) is -0.346. The first kappa shape index (κ1) is 13.9. The first-order valence-corrected chi connectivity index (χ1v) is 6.73. The molecule has 0 aromatic heterocycles. The third-order valence-corrected chi connectivity index (χ3v) is 4.11. The van der Waals surface area contributed by atoms with Gasteiger partial charge in [0.2, 0.25) is 0 Å². The van der Waals surface area contributed by atoms with E-state index in [1.54, 1.807) is 0 Å². The van der Waals surface area contributed by atoms with Gasteiger partial charge in [0.15, 0.2) is 0 Å². The van der Waals surface area contributed by atoms with Crippen LogP contribution in [0.5, 0.6) is 0 Å². The molecule has 1 fully saturated rings. The Bertz CT molecular complexity index is 312. The molecule has 0 saturated heterocycles. The molecule has 5 heteroatoms. The molecule has 0 aromatic rings. The third kappa shape index (κ3) is 3.06. The van der Waals surface area contributed by atoms with Crippen molar-refractivity contribution in [3.05, 3.63) is 11.6 Å². The number of halogens is 3. The number of hydrogen-bond acceptors (Lipinski definition) is 2. The molecule has 1 heterocycles. The van der Waals surface area contributed by atoms with Gasteiger partial charge in [0, 0.05) is 24.7 Å². The second-order valence-electron chi connectivity index (χ2n) is 5.18. The van der Waals surface area contributed by atoms with Gasteiger partial charge in [0.25, 0.3) is 0 Å². The van der Waals surface area contributed by atoms with Crippen LogP contribution < -0.4 is 5.32 Å². The smallest absolute Gasteiger partial charge is 0.317 e. The Balaban J connectivity index is 1.84. The second-order valence-corrected chi connectivity index (χ2v) is 5.18. The molecule has 1 aliphatic heterocycles. The predicted molar refractivity (Wildman–Crippen MR) is 65.4 cm³/mol. The Morgan fingerprint density at radius 2 is 2.17 bits per heavy atom. The van der Waals surface area contributed by atoms with Crippen LogP contribution in [0.25, 0.3) is 0 Å². The van der Waals surface area contributed by atoms with E-state index in [1.807, 2.05) is 0 Å². The Kier molecular flexibility index (Phi) is 4.33. The molecule has 0 bridgehead atoms. The van der Waals surface area contributed by atoms with Crippen molar-refractivity contribution in [2.24, 2.45) is 5.92 Å². The number of hydrogen-bond donors (Lipinski definition) is 1. The van der Waals surface area contributed by atoms with Gasteiger partial charge in [0.1, 0.15) is 0 Å². The molecule has 0 radical (unpaired) electrons. The first-order valence-electron chi connectivity index (χ1n) is 6.73. The predicted octanol–water partition coefficient (Wildman–Crippen LogP) is 2.57. The normalized spacial score (nSPS) is 29.9. The van der Waals surface area contributed by atoms with Crippen molar-refractivity contribution in [1.29, 1.82) is 0 Å². The number of alkyl halides is 3. The minimum absolute atomic E-state index is 0.147. The molecule has 2 atom stereocenters. The zero-order valence-electron chi connectivity index (χ0n) is 10.8. The molecular formula is C13H21F3N2. The maximum atomic E-state index is 12.5. The SMILES string of the molecule is CCNCC1CCC1N1CC=C(C(F)(F)F)CC1. The quantitative estimate of drug-likeness (QED) is 0.783. The van der Waals surface area contributed by atoms with E-state index in [4.69, 9.17) is 0 Å². The van der Waals surface area contributed by atoms with E-state index in [9.17, 15) is 13.2 Å². The summed E-state index contributed by atoms with van der Waals surface area (Å²) in [6.07, 6.45) is -0.288. The zero-order valence-corrected chi connectivity index (χ0v) is 10.8. The fraction of sp³-hybridized carbons (Fsp3) is 0.846. The van der Waals surface area contributed by atoms with E-state index >= 15 is 0 Å².